The molecule has 0 aliphatic carbocycles. The molecule has 0 aliphatic rings. The monoisotopic (exact) mass is 364 g/mol. The van der Waals surface area contributed by atoms with Crippen LogP contribution in [0.4, 0.5) is 0 Å². The molecule has 0 heteroatoms. The van der Waals surface area contributed by atoms with Gasteiger partial charge < -0.3 is 0 Å². The average molecular weight is 365 g/mol. The van der Waals surface area contributed by atoms with Gasteiger partial charge in [0.1, 0.15) is 0 Å². The van der Waals surface area contributed by atoms with Crippen molar-refractivity contribution >= 4 is 0 Å². The maximum absolute atomic E-state index is 2.18. The van der Waals surface area contributed by atoms with Crippen LogP contribution < -0.4 is 0 Å². The molecule has 4 aromatic carbocycles. The lowest BCUT2D eigenvalue weighted by Crippen LogP contribution is -1.89. The number of rotatable bonds is 6. The summed E-state index contributed by atoms with van der Waals surface area (Å²) in [7, 11) is 0. The van der Waals surface area contributed by atoms with E-state index < -0.39 is 0 Å². The van der Waals surface area contributed by atoms with E-state index in [0.717, 1.165) is 25.7 Å². The van der Waals surface area contributed by atoms with Crippen molar-refractivity contribution in [3.8, 4) is 0 Å². The smallest absolute Gasteiger partial charge is 0.0238 e. The van der Waals surface area contributed by atoms with Crippen molar-refractivity contribution in [1.82, 2.24) is 0 Å². The Bertz CT molecular complexity index is 724. The largest absolute Gasteiger partial charge is 0.0622 e. The first-order valence-corrected chi connectivity index (χ1v) is 10.1. The molecule has 0 unspecified atom stereocenters. The fourth-order valence-electron chi connectivity index (χ4n) is 3.16. The van der Waals surface area contributed by atoms with Crippen molar-refractivity contribution < 1.29 is 0 Å². The molecule has 0 saturated carbocycles. The Labute approximate surface area is 169 Å². The summed E-state index contributed by atoms with van der Waals surface area (Å²) in [4.78, 5) is 0. The third kappa shape index (κ3) is 7.25. The van der Waals surface area contributed by atoms with Gasteiger partial charge in [0.05, 0.1) is 0 Å². The van der Waals surface area contributed by atoms with E-state index in [2.05, 4.69) is 121 Å². The minimum atomic E-state index is 1.13. The highest BCUT2D eigenvalue weighted by Gasteiger charge is 1.94. The summed E-state index contributed by atoms with van der Waals surface area (Å²) in [6.07, 6.45) is 4.52. The SMILES string of the molecule is c1ccc(CCc2ccccc2)cc1.c1ccc(CCc2ccccc2)cc1. The number of aryl methyl sites for hydroxylation is 4. The zero-order chi connectivity index (χ0) is 19.3. The Morgan fingerprint density at radius 2 is 0.429 bits per heavy atom. The zero-order valence-electron chi connectivity index (χ0n) is 16.4. The second-order valence-electron chi connectivity index (χ2n) is 6.94. The summed E-state index contributed by atoms with van der Waals surface area (Å²) >= 11 is 0. The molecule has 0 fully saturated rings. The highest BCUT2D eigenvalue weighted by molar-refractivity contribution is 5.21. The van der Waals surface area contributed by atoms with Crippen LogP contribution in [0, 0.1) is 0 Å². The van der Waals surface area contributed by atoms with E-state index in [0.29, 0.717) is 0 Å². The van der Waals surface area contributed by atoms with E-state index in [9.17, 15) is 0 Å². The van der Waals surface area contributed by atoms with Crippen LogP contribution in [0.2, 0.25) is 0 Å². The number of hydrogen-bond donors (Lipinski definition) is 0. The summed E-state index contributed by atoms with van der Waals surface area (Å²) in [6.45, 7) is 0. The zero-order valence-corrected chi connectivity index (χ0v) is 16.4. The molecule has 0 saturated heterocycles. The fourth-order valence-corrected chi connectivity index (χ4v) is 3.16. The van der Waals surface area contributed by atoms with Gasteiger partial charge in [-0.2, -0.15) is 0 Å². The quantitative estimate of drug-likeness (QED) is 0.347. The molecule has 28 heavy (non-hydrogen) atoms. The minimum Gasteiger partial charge on any atom is -0.0622 e. The molecule has 0 atom stereocenters. The molecule has 0 aromatic heterocycles. The van der Waals surface area contributed by atoms with E-state index in [1.165, 1.54) is 22.3 Å². The Balaban J connectivity index is 0.000000161. The third-order valence-electron chi connectivity index (χ3n) is 4.78. The predicted octanol–water partition coefficient (Wildman–Crippen LogP) is 6.94. The van der Waals surface area contributed by atoms with Crippen LogP contribution in [0.5, 0.6) is 0 Å². The van der Waals surface area contributed by atoms with Crippen LogP contribution in [0.15, 0.2) is 121 Å². The molecule has 0 amide bonds. The van der Waals surface area contributed by atoms with Crippen LogP contribution in [-0.4, -0.2) is 0 Å². The Morgan fingerprint density at radius 1 is 0.250 bits per heavy atom. The maximum Gasteiger partial charge on any atom is -0.0238 e. The summed E-state index contributed by atoms with van der Waals surface area (Å²) < 4.78 is 0. The summed E-state index contributed by atoms with van der Waals surface area (Å²) in [5.41, 5.74) is 5.65. The van der Waals surface area contributed by atoms with Gasteiger partial charge in [-0.25, -0.2) is 0 Å². The first kappa shape index (κ1) is 19.6. The third-order valence-corrected chi connectivity index (χ3v) is 4.78. The highest BCUT2D eigenvalue weighted by Crippen LogP contribution is 2.07. The summed E-state index contributed by atoms with van der Waals surface area (Å²) in [5, 5.41) is 0. The van der Waals surface area contributed by atoms with Crippen molar-refractivity contribution in [2.45, 2.75) is 25.7 Å². The van der Waals surface area contributed by atoms with Gasteiger partial charge in [-0.15, -0.1) is 0 Å². The molecule has 4 rings (SSSR count). The molecule has 0 bridgehead atoms. The number of hydrogen-bond acceptors (Lipinski definition) is 0. The molecular weight excluding hydrogens is 336 g/mol. The van der Waals surface area contributed by atoms with Gasteiger partial charge in [-0.05, 0) is 47.9 Å². The fraction of sp³-hybridized carbons (Fsp3) is 0.143. The van der Waals surface area contributed by atoms with Crippen molar-refractivity contribution in [3.05, 3.63) is 144 Å². The normalized spacial score (nSPS) is 10.0. The average Bonchev–Trinajstić information content (AvgIpc) is 2.80. The molecule has 4 aromatic rings. The standard InChI is InChI=1S/2C14H14/c2*1-3-7-13(8-4-1)11-12-14-9-5-2-6-10-14/h2*1-10H,11-12H2. The van der Waals surface area contributed by atoms with Crippen LogP contribution >= 0.6 is 0 Å². The topological polar surface area (TPSA) is 0 Å². The lowest BCUT2D eigenvalue weighted by molar-refractivity contribution is 0.960. The Hall–Kier alpha value is -3.12. The second kappa shape index (κ2) is 11.6. The lowest BCUT2D eigenvalue weighted by atomic mass is 10.0. The molecule has 0 aliphatic heterocycles. The minimum absolute atomic E-state index is 1.13. The van der Waals surface area contributed by atoms with Crippen LogP contribution in [0.3, 0.4) is 0 Å². The van der Waals surface area contributed by atoms with Crippen molar-refractivity contribution in [3.63, 3.8) is 0 Å². The molecule has 140 valence electrons. The van der Waals surface area contributed by atoms with Gasteiger partial charge in [0, 0.05) is 0 Å². The molecule has 0 nitrogen and oxygen atoms in total. The van der Waals surface area contributed by atoms with Crippen LogP contribution in [0.1, 0.15) is 22.3 Å². The Morgan fingerprint density at radius 3 is 0.607 bits per heavy atom. The van der Waals surface area contributed by atoms with Crippen LogP contribution in [0.25, 0.3) is 0 Å². The van der Waals surface area contributed by atoms with Gasteiger partial charge in [-0.3, -0.25) is 0 Å². The Kier molecular flexibility index (Phi) is 8.11. The molecular formula is C28H28. The summed E-state index contributed by atoms with van der Waals surface area (Å²) in [5.74, 6) is 0. The first-order valence-electron chi connectivity index (χ1n) is 10.1. The van der Waals surface area contributed by atoms with E-state index >= 15 is 0 Å². The van der Waals surface area contributed by atoms with Crippen molar-refractivity contribution in [2.75, 3.05) is 0 Å². The summed E-state index contributed by atoms with van der Waals surface area (Å²) in [6, 6.07) is 42.5. The predicted molar refractivity (Wildman–Crippen MR) is 121 cm³/mol. The van der Waals surface area contributed by atoms with Crippen LogP contribution in [-0.2, 0) is 25.7 Å². The van der Waals surface area contributed by atoms with Gasteiger partial charge in [0.25, 0.3) is 0 Å². The van der Waals surface area contributed by atoms with Gasteiger partial charge in [-0.1, -0.05) is 121 Å². The van der Waals surface area contributed by atoms with E-state index in [1.807, 2.05) is 0 Å². The maximum atomic E-state index is 2.18. The molecule has 0 radical (unpaired) electrons. The molecule has 0 heterocycles. The van der Waals surface area contributed by atoms with E-state index in [1.54, 1.807) is 0 Å². The van der Waals surface area contributed by atoms with Gasteiger partial charge in [0.2, 0.25) is 0 Å². The van der Waals surface area contributed by atoms with Crippen molar-refractivity contribution in [1.29, 1.82) is 0 Å². The van der Waals surface area contributed by atoms with Gasteiger partial charge in [0.15, 0.2) is 0 Å². The number of benzene rings is 4. The second-order valence-corrected chi connectivity index (χ2v) is 6.94. The van der Waals surface area contributed by atoms with Crippen molar-refractivity contribution in [2.24, 2.45) is 0 Å². The van der Waals surface area contributed by atoms with E-state index in [4.69, 9.17) is 0 Å². The lowest BCUT2D eigenvalue weighted by Gasteiger charge is -2.01. The molecule has 0 N–H and O–H groups in total. The highest BCUT2D eigenvalue weighted by atomic mass is 14.0. The first-order chi connectivity index (χ1) is 13.9. The molecule has 0 spiro atoms. The van der Waals surface area contributed by atoms with E-state index in [-0.39, 0.29) is 0 Å². The van der Waals surface area contributed by atoms with Gasteiger partial charge >= 0.3 is 0 Å².